The van der Waals surface area contributed by atoms with E-state index in [9.17, 15) is 0 Å². The molecule has 0 atom stereocenters. The van der Waals surface area contributed by atoms with E-state index >= 15 is 0 Å². The number of fused-ring (bicyclic) bond motifs is 6. The zero-order valence-corrected chi connectivity index (χ0v) is 39.1. The second-order valence-electron chi connectivity index (χ2n) is 16.8. The second-order valence-corrected chi connectivity index (χ2v) is 16.8. The van der Waals surface area contributed by atoms with E-state index in [0.717, 1.165) is 72.2 Å². The van der Waals surface area contributed by atoms with Crippen LogP contribution in [0.15, 0.2) is 167 Å². The van der Waals surface area contributed by atoms with Gasteiger partial charge in [0.15, 0.2) is 0 Å². The Bertz CT molecular complexity index is 3600. The van der Waals surface area contributed by atoms with Crippen molar-refractivity contribution in [2.24, 2.45) is 0 Å². The number of benzene rings is 7. The summed E-state index contributed by atoms with van der Waals surface area (Å²) in [6, 6.07) is 56.7. The van der Waals surface area contributed by atoms with Gasteiger partial charge in [-0.3, -0.25) is 4.98 Å². The first-order valence-electron chi connectivity index (χ1n) is 24.6. The van der Waals surface area contributed by atoms with E-state index in [1.807, 2.05) is 30.3 Å². The Morgan fingerprint density at radius 3 is 1.98 bits per heavy atom. The van der Waals surface area contributed by atoms with Crippen LogP contribution in [0.2, 0.25) is 0 Å². The third kappa shape index (κ3) is 8.03. The molecular formula is C59H49IrN3O2-2. The van der Waals surface area contributed by atoms with Crippen molar-refractivity contribution in [3.05, 3.63) is 198 Å². The number of hydrogen-bond acceptors (Lipinski definition) is 4. The van der Waals surface area contributed by atoms with Crippen molar-refractivity contribution >= 4 is 43.9 Å². The Morgan fingerprint density at radius 2 is 1.32 bits per heavy atom. The minimum absolute atomic E-state index is 0. The molecule has 5 nitrogen and oxygen atoms in total. The van der Waals surface area contributed by atoms with Gasteiger partial charge in [0.1, 0.15) is 5.58 Å². The number of aryl methyl sites for hydroxylation is 3. The molecule has 0 aliphatic heterocycles. The summed E-state index contributed by atoms with van der Waals surface area (Å²) >= 11 is 0. The molecule has 11 aromatic rings. The van der Waals surface area contributed by atoms with Gasteiger partial charge in [0, 0.05) is 56.6 Å². The quantitative estimate of drug-likeness (QED) is 0.149. The van der Waals surface area contributed by atoms with Gasteiger partial charge < -0.3 is 18.4 Å². The van der Waals surface area contributed by atoms with Gasteiger partial charge in [-0.2, -0.15) is 0 Å². The summed E-state index contributed by atoms with van der Waals surface area (Å²) in [7, 11) is 0. The predicted octanol–water partition coefficient (Wildman–Crippen LogP) is 16.2. The van der Waals surface area contributed by atoms with Crippen molar-refractivity contribution in [2.75, 3.05) is 0 Å². The molecular weight excluding hydrogens is 975 g/mol. The average Bonchev–Trinajstić information content (AvgIpc) is 4.05. The molecule has 0 saturated carbocycles. The third-order valence-corrected chi connectivity index (χ3v) is 11.9. The molecule has 0 bridgehead atoms. The van der Waals surface area contributed by atoms with Crippen molar-refractivity contribution in [1.82, 2.24) is 14.5 Å². The minimum Gasteiger partial charge on any atom is -0.499 e. The fraction of sp³-hybridized carbons (Fsp3) is 0.153. The Morgan fingerprint density at radius 1 is 0.662 bits per heavy atom. The molecule has 0 aliphatic rings. The maximum atomic E-state index is 7.28. The molecule has 11 rings (SSSR count). The Kier molecular flexibility index (Phi) is 10.1. The molecule has 6 heteroatoms. The first kappa shape index (κ1) is 36.5. The number of pyridine rings is 1. The summed E-state index contributed by atoms with van der Waals surface area (Å²) in [6.45, 7) is 6.92. The molecule has 0 unspecified atom stereocenters. The number of para-hydroxylation sites is 3. The van der Waals surface area contributed by atoms with E-state index in [4.69, 9.17) is 22.0 Å². The average molecular weight is 1030 g/mol. The van der Waals surface area contributed by atoms with Crippen LogP contribution in [-0.4, -0.2) is 14.5 Å². The summed E-state index contributed by atoms with van der Waals surface area (Å²) < 4.78 is 59.6. The van der Waals surface area contributed by atoms with Gasteiger partial charge in [0.05, 0.1) is 33.8 Å². The van der Waals surface area contributed by atoms with Crippen LogP contribution in [0.25, 0.3) is 94.7 Å². The number of furan rings is 2. The molecule has 0 N–H and O–H groups in total. The fourth-order valence-electron chi connectivity index (χ4n) is 8.66. The molecule has 4 heterocycles. The van der Waals surface area contributed by atoms with E-state index in [2.05, 4.69) is 147 Å². The van der Waals surface area contributed by atoms with E-state index in [0.29, 0.717) is 11.3 Å². The van der Waals surface area contributed by atoms with Gasteiger partial charge in [0.25, 0.3) is 0 Å². The van der Waals surface area contributed by atoms with Crippen LogP contribution < -0.4 is 0 Å². The second kappa shape index (κ2) is 18.0. The third-order valence-electron chi connectivity index (χ3n) is 11.9. The van der Waals surface area contributed by atoms with Crippen LogP contribution in [0.4, 0.5) is 0 Å². The summed E-state index contributed by atoms with van der Waals surface area (Å²) in [5, 5.41) is 2.89. The topological polar surface area (TPSA) is 57.0 Å². The monoisotopic (exact) mass is 1030 g/mol. The maximum Gasteiger partial charge on any atom is 0.123 e. The van der Waals surface area contributed by atoms with Crippen LogP contribution in [0, 0.1) is 32.8 Å². The normalized spacial score (nSPS) is 13.2. The van der Waals surface area contributed by atoms with Crippen LogP contribution >= 0.6 is 0 Å². The van der Waals surface area contributed by atoms with E-state index in [1.54, 1.807) is 12.1 Å². The Labute approximate surface area is 402 Å². The van der Waals surface area contributed by atoms with Gasteiger partial charge in [-0.25, -0.2) is 0 Å². The summed E-state index contributed by atoms with van der Waals surface area (Å²) in [5.41, 5.74) is 14.9. The van der Waals surface area contributed by atoms with Crippen LogP contribution in [0.3, 0.4) is 0 Å². The number of aromatic nitrogens is 3. The standard InChI is InChI=1S/C46H37N2O2.C13H12N.Ir/c1-27(2)34-24-32(30-16-8-6-9-17-30)25-35(28(3)4)42(34)48-39-22-14-13-21-38(39)47-46(48)37-26-36-29(5)43(31-18-10-7-11-19-31)50-44(36)41-33-20-12-15-23-40(33)49-45(37)41;1-10-3-6-12(7-4-10)13-8-5-11(2)9-14-13;/h6-25,27-28H,1-5H3;3-6,8-9H,1-2H3;/q2*-1;/i;1D3,2D3;. The molecule has 1 radical (unpaired) electrons. The largest absolute Gasteiger partial charge is 0.499 e. The van der Waals surface area contributed by atoms with Crippen molar-refractivity contribution in [1.29, 1.82) is 0 Å². The molecule has 0 amide bonds. The Hall–Kier alpha value is -6.85. The molecule has 323 valence electrons. The zero-order valence-electron chi connectivity index (χ0n) is 42.7. The molecule has 0 saturated heterocycles. The van der Waals surface area contributed by atoms with E-state index in [-0.39, 0.29) is 43.1 Å². The zero-order chi connectivity index (χ0) is 49.1. The van der Waals surface area contributed by atoms with Gasteiger partial charge in [-0.1, -0.05) is 156 Å². The summed E-state index contributed by atoms with van der Waals surface area (Å²) in [6.07, 6.45) is 1.30. The van der Waals surface area contributed by atoms with Gasteiger partial charge in [-0.15, -0.1) is 41.5 Å². The van der Waals surface area contributed by atoms with Gasteiger partial charge in [-0.05, 0) is 88.1 Å². The SMILES string of the molecule is Cc1c(-c2ccccc2)oc2c1[c-]c(-c1nc3ccccc3n1-c1c(C(C)C)cc(-c3ccccc3)cc1C(C)C)c1oc3ccccc3c12.[2H]C([2H])([2H])c1c[c-]c(-c2ccc(C([2H])([2H])[2H])cn2)cc1.[Ir]. The maximum absolute atomic E-state index is 7.28. The molecule has 4 aromatic heterocycles. The predicted molar refractivity (Wildman–Crippen MR) is 264 cm³/mol. The summed E-state index contributed by atoms with van der Waals surface area (Å²) in [5.74, 6) is 2.15. The van der Waals surface area contributed by atoms with Crippen LogP contribution in [0.1, 0.15) is 75.6 Å². The van der Waals surface area contributed by atoms with E-state index in [1.165, 1.54) is 52.3 Å². The Balaban J connectivity index is 0.000000251. The van der Waals surface area contributed by atoms with Crippen molar-refractivity contribution in [3.8, 4) is 50.8 Å². The molecule has 0 spiro atoms. The number of imidazole rings is 1. The first-order valence-corrected chi connectivity index (χ1v) is 21.6. The van der Waals surface area contributed by atoms with Crippen LogP contribution in [-0.2, 0) is 20.1 Å². The van der Waals surface area contributed by atoms with Crippen molar-refractivity contribution in [3.63, 3.8) is 0 Å². The molecule has 0 fully saturated rings. The minimum atomic E-state index is -2.18. The number of hydrogen-bond donors (Lipinski definition) is 0. The van der Waals surface area contributed by atoms with Gasteiger partial charge in [0.2, 0.25) is 0 Å². The van der Waals surface area contributed by atoms with Crippen LogP contribution in [0.5, 0.6) is 0 Å². The van der Waals surface area contributed by atoms with Gasteiger partial charge >= 0.3 is 0 Å². The fourth-order valence-corrected chi connectivity index (χ4v) is 8.66. The molecule has 65 heavy (non-hydrogen) atoms. The smallest absolute Gasteiger partial charge is 0.123 e. The number of rotatable bonds is 7. The first-order chi connectivity index (χ1) is 33.6. The van der Waals surface area contributed by atoms with E-state index < -0.39 is 13.7 Å². The molecule has 0 aliphatic carbocycles. The van der Waals surface area contributed by atoms with Crippen molar-refractivity contribution in [2.45, 2.75) is 60.2 Å². The molecule has 7 aromatic carbocycles. The number of nitrogens with zero attached hydrogens (tertiary/aromatic N) is 3. The summed E-state index contributed by atoms with van der Waals surface area (Å²) in [4.78, 5) is 9.48. The van der Waals surface area contributed by atoms with Crippen molar-refractivity contribution < 1.29 is 37.2 Å².